The number of rotatable bonds is 18. The molecule has 4 heterocycles. The number of aliphatic hydroxyl groups excluding tert-OH is 1. The number of para-hydroxylation sites is 1. The van der Waals surface area contributed by atoms with Gasteiger partial charge in [-0.3, -0.25) is 19.1 Å². The van der Waals surface area contributed by atoms with Crippen molar-refractivity contribution in [1.29, 1.82) is 0 Å². The lowest BCUT2D eigenvalue weighted by molar-refractivity contribution is -0.123. The van der Waals surface area contributed by atoms with E-state index in [2.05, 4.69) is 49.4 Å². The van der Waals surface area contributed by atoms with Gasteiger partial charge in [-0.2, -0.15) is 14.4 Å². The Hall–Kier alpha value is -5.07. The summed E-state index contributed by atoms with van der Waals surface area (Å²) < 4.78 is 30.6. The maximum Gasteiger partial charge on any atom is 0.247 e. The van der Waals surface area contributed by atoms with E-state index >= 15 is 0 Å². The minimum absolute atomic E-state index is 0.00593. The second-order valence-electron chi connectivity index (χ2n) is 17.8. The monoisotopic (exact) mass is 889 g/mol. The molecule has 0 bridgehead atoms. The van der Waals surface area contributed by atoms with Crippen LogP contribution >= 0.6 is 0 Å². The molecule has 3 aromatic rings. The predicted molar refractivity (Wildman–Crippen MR) is 246 cm³/mol. The smallest absolute Gasteiger partial charge is 0.247 e. The largest absolute Gasteiger partial charge is 0.393 e. The summed E-state index contributed by atoms with van der Waals surface area (Å²) in [6.07, 6.45) is 19.7. The Bertz CT molecular complexity index is 2120. The third kappa shape index (κ3) is 11.7. The fourth-order valence-electron chi connectivity index (χ4n) is 8.97. The highest BCUT2D eigenvalue weighted by Crippen LogP contribution is 2.49. The molecule has 2 saturated carbocycles. The van der Waals surface area contributed by atoms with E-state index < -0.39 is 16.1 Å². The lowest BCUT2D eigenvalue weighted by atomic mass is 9.96. The van der Waals surface area contributed by atoms with Crippen molar-refractivity contribution in [3.05, 3.63) is 55.1 Å². The van der Waals surface area contributed by atoms with Crippen LogP contribution in [0.25, 0.3) is 0 Å². The molecule has 2 saturated heterocycles. The molecule has 17 nitrogen and oxygen atoms in total. The van der Waals surface area contributed by atoms with Gasteiger partial charge in [0.15, 0.2) is 0 Å². The van der Waals surface area contributed by atoms with E-state index in [1.54, 1.807) is 17.1 Å². The van der Waals surface area contributed by atoms with Gasteiger partial charge in [0.1, 0.15) is 16.8 Å². The molecular formula is C45H67N11O6S. The minimum atomic E-state index is -3.73. The SMILES string of the molecule is C=CNC(=O)C(CCC)N(C=O)c1cccc(N2CCC(Cn3cc(S(=O)(=O)N4CCC(Nc5ncc(C6(C)CC6)c(NC=O)n5)CC4)cn3)CC2)c1N(C)C.OC1CCCCC1. The molecule has 344 valence electrons. The van der Waals surface area contributed by atoms with Crippen LogP contribution in [-0.4, -0.2) is 115 Å². The Kier molecular flexibility index (Phi) is 16.2. The number of carbonyl (C=O) groups excluding carboxylic acids is 3. The number of nitrogens with one attached hydrogen (secondary N) is 3. The zero-order valence-electron chi connectivity index (χ0n) is 37.4. The predicted octanol–water partition coefficient (Wildman–Crippen LogP) is 5.24. The van der Waals surface area contributed by atoms with Crippen molar-refractivity contribution in [3.63, 3.8) is 0 Å². The minimum Gasteiger partial charge on any atom is -0.393 e. The van der Waals surface area contributed by atoms with Crippen LogP contribution in [0.2, 0.25) is 0 Å². The molecule has 18 heteroatoms. The number of hydrogen-bond acceptors (Lipinski definition) is 12. The van der Waals surface area contributed by atoms with Crippen LogP contribution in [0.1, 0.15) is 103 Å². The molecule has 63 heavy (non-hydrogen) atoms. The maximum absolute atomic E-state index is 13.7. The zero-order valence-corrected chi connectivity index (χ0v) is 38.2. The van der Waals surface area contributed by atoms with Crippen molar-refractivity contribution in [2.75, 3.05) is 65.6 Å². The first kappa shape index (κ1) is 47.4. The van der Waals surface area contributed by atoms with Crippen molar-refractivity contribution in [2.45, 2.75) is 132 Å². The number of sulfonamides is 1. The molecule has 4 aliphatic rings. The van der Waals surface area contributed by atoms with Gasteiger partial charge >= 0.3 is 0 Å². The maximum atomic E-state index is 13.7. The normalized spacial score (nSPS) is 18.9. The number of piperidine rings is 2. The average molecular weight is 890 g/mol. The molecule has 4 fully saturated rings. The number of aliphatic hydroxyl groups is 1. The highest BCUT2D eigenvalue weighted by atomic mass is 32.2. The molecule has 2 aliphatic carbocycles. The Balaban J connectivity index is 0.000000859. The van der Waals surface area contributed by atoms with Gasteiger partial charge in [0, 0.05) is 70.8 Å². The zero-order chi connectivity index (χ0) is 45.1. The Morgan fingerprint density at radius 3 is 2.33 bits per heavy atom. The third-order valence-electron chi connectivity index (χ3n) is 12.9. The van der Waals surface area contributed by atoms with Gasteiger partial charge in [0.05, 0.1) is 29.4 Å². The van der Waals surface area contributed by atoms with Crippen LogP contribution in [0.15, 0.2) is 54.5 Å². The first-order valence-electron chi connectivity index (χ1n) is 22.6. The highest BCUT2D eigenvalue weighted by Gasteiger charge is 2.42. The van der Waals surface area contributed by atoms with Crippen LogP contribution in [-0.2, 0) is 36.4 Å². The molecule has 1 unspecified atom stereocenters. The molecule has 1 atom stereocenters. The molecule has 2 aromatic heterocycles. The van der Waals surface area contributed by atoms with Gasteiger partial charge < -0.3 is 35.8 Å². The fraction of sp³-hybridized carbons (Fsp3) is 0.600. The number of benzene rings is 1. The van der Waals surface area contributed by atoms with E-state index in [4.69, 9.17) is 5.11 Å². The summed E-state index contributed by atoms with van der Waals surface area (Å²) in [5.74, 6) is 0.942. The van der Waals surface area contributed by atoms with Gasteiger partial charge in [-0.25, -0.2) is 13.4 Å². The second kappa shape index (κ2) is 21.5. The van der Waals surface area contributed by atoms with Crippen LogP contribution in [0.3, 0.4) is 0 Å². The molecular weight excluding hydrogens is 823 g/mol. The summed E-state index contributed by atoms with van der Waals surface area (Å²) in [5, 5.41) is 22.1. The first-order chi connectivity index (χ1) is 30.3. The Morgan fingerprint density at radius 1 is 1.03 bits per heavy atom. The van der Waals surface area contributed by atoms with E-state index in [1.165, 1.54) is 40.9 Å². The van der Waals surface area contributed by atoms with Crippen molar-refractivity contribution in [2.24, 2.45) is 5.92 Å². The van der Waals surface area contributed by atoms with Gasteiger partial charge in [-0.05, 0) is 87.5 Å². The van der Waals surface area contributed by atoms with Crippen LogP contribution in [0.4, 0.5) is 28.8 Å². The summed E-state index contributed by atoms with van der Waals surface area (Å²) >= 11 is 0. The van der Waals surface area contributed by atoms with E-state index in [1.807, 2.05) is 44.1 Å². The first-order valence-corrected chi connectivity index (χ1v) is 24.0. The van der Waals surface area contributed by atoms with E-state index in [0.29, 0.717) is 68.7 Å². The summed E-state index contributed by atoms with van der Waals surface area (Å²) in [7, 11) is 0.150. The Morgan fingerprint density at radius 2 is 1.75 bits per heavy atom. The number of hydrogen-bond donors (Lipinski definition) is 4. The highest BCUT2D eigenvalue weighted by molar-refractivity contribution is 7.89. The van der Waals surface area contributed by atoms with E-state index in [-0.39, 0.29) is 28.4 Å². The molecule has 3 amide bonds. The molecule has 0 spiro atoms. The third-order valence-corrected chi connectivity index (χ3v) is 14.8. The lowest BCUT2D eigenvalue weighted by Gasteiger charge is -2.38. The van der Waals surface area contributed by atoms with Gasteiger partial charge in [0.25, 0.3) is 0 Å². The quantitative estimate of drug-likeness (QED) is 0.121. The standard InChI is InChI=1S/C39H55N11O5S.C6H12O/c1-6-9-34(37(53)40-7-2)50(27-52)33-11-8-10-32(35(33)46(4)5)47-18-12-28(13-19-47)24-48-25-30(22-43-48)56(54,55)49-20-14-29(15-21-49)44-38-41-23-31(39(3)16-17-39)36(45-38)42-26-51;7-6-4-2-1-3-5-6/h7-8,10-11,22-23,25-29,34H,2,6,9,12-21,24H2,1,3-5H3,(H,40,53)(H2,41,42,44,45,51);6-7H,1-5H2. The topological polar surface area (TPSA) is 198 Å². The number of anilines is 5. The van der Waals surface area contributed by atoms with Crippen molar-refractivity contribution in [1.82, 2.24) is 29.4 Å². The van der Waals surface area contributed by atoms with Crippen molar-refractivity contribution in [3.8, 4) is 0 Å². The molecule has 1 aromatic carbocycles. The lowest BCUT2D eigenvalue weighted by Crippen LogP contribution is -2.46. The number of carbonyl (C=O) groups is 3. The number of amides is 3. The summed E-state index contributed by atoms with van der Waals surface area (Å²) in [4.78, 5) is 51.8. The van der Waals surface area contributed by atoms with Crippen molar-refractivity contribution < 1.29 is 27.9 Å². The fourth-order valence-corrected chi connectivity index (χ4v) is 10.4. The summed E-state index contributed by atoms with van der Waals surface area (Å²) in [6, 6.07) is 5.16. The number of nitrogens with zero attached hydrogens (tertiary/aromatic N) is 8. The number of aromatic nitrogens is 4. The molecule has 7 rings (SSSR count). The molecule has 2 aliphatic heterocycles. The van der Waals surface area contributed by atoms with Crippen LogP contribution in [0, 0.1) is 5.92 Å². The van der Waals surface area contributed by atoms with Gasteiger partial charge in [-0.15, -0.1) is 0 Å². The Labute approximate surface area is 372 Å². The van der Waals surface area contributed by atoms with Gasteiger partial charge in [-0.1, -0.05) is 52.2 Å². The van der Waals surface area contributed by atoms with Crippen LogP contribution in [0.5, 0.6) is 0 Å². The van der Waals surface area contributed by atoms with Crippen LogP contribution < -0.4 is 30.7 Å². The van der Waals surface area contributed by atoms with Crippen molar-refractivity contribution >= 4 is 57.6 Å². The van der Waals surface area contributed by atoms with E-state index in [0.717, 1.165) is 81.4 Å². The average Bonchev–Trinajstić information content (AvgIpc) is 3.84. The van der Waals surface area contributed by atoms with E-state index in [9.17, 15) is 22.8 Å². The van der Waals surface area contributed by atoms with Gasteiger partial charge in [0.2, 0.25) is 34.7 Å². The summed E-state index contributed by atoms with van der Waals surface area (Å²) in [5.41, 5.74) is 3.43. The summed E-state index contributed by atoms with van der Waals surface area (Å²) in [6.45, 7) is 10.6. The second-order valence-corrected chi connectivity index (χ2v) is 19.7. The molecule has 0 radical (unpaired) electrons. The molecule has 4 N–H and O–H groups in total.